The molecule has 0 bridgehead atoms. The number of ether oxygens (including phenoxy) is 1. The first-order valence-corrected chi connectivity index (χ1v) is 12.3. The van der Waals surface area contributed by atoms with Gasteiger partial charge in [-0.2, -0.15) is 0 Å². The second-order valence-corrected chi connectivity index (χ2v) is 9.32. The van der Waals surface area contributed by atoms with Crippen LogP contribution in [0.1, 0.15) is 18.1 Å². The zero-order valence-corrected chi connectivity index (χ0v) is 19.2. The van der Waals surface area contributed by atoms with Crippen LogP contribution in [0.25, 0.3) is 0 Å². The molecule has 3 rings (SSSR count). The largest absolute Gasteiger partial charge is 0.494 e. The first-order chi connectivity index (χ1) is 15.4. The number of carbonyl (C=O) groups is 1. The zero-order valence-electron chi connectivity index (χ0n) is 18.3. The van der Waals surface area contributed by atoms with E-state index in [4.69, 9.17) is 4.74 Å². The third kappa shape index (κ3) is 6.59. The summed E-state index contributed by atoms with van der Waals surface area (Å²) in [6.45, 7) is 2.88. The Balaban J connectivity index is 1.85. The smallest absolute Gasteiger partial charge is 0.243 e. The SMILES string of the molecule is CCOc1ccc(N(CC(=O)N(Cc2ccccc2)Cc2ccccc2)S(C)(=O)=O)cc1. The molecule has 0 radical (unpaired) electrons. The Bertz CT molecular complexity index is 1060. The highest BCUT2D eigenvalue weighted by molar-refractivity contribution is 7.92. The van der Waals surface area contributed by atoms with Crippen LogP contribution in [0.4, 0.5) is 5.69 Å². The lowest BCUT2D eigenvalue weighted by atomic mass is 10.1. The molecule has 7 heteroatoms. The molecular formula is C25H28N2O4S. The molecule has 0 unspecified atom stereocenters. The van der Waals surface area contributed by atoms with Crippen LogP contribution in [0.2, 0.25) is 0 Å². The Kier molecular flexibility index (Phi) is 7.89. The van der Waals surface area contributed by atoms with Crippen molar-refractivity contribution in [2.24, 2.45) is 0 Å². The van der Waals surface area contributed by atoms with Gasteiger partial charge in [-0.1, -0.05) is 60.7 Å². The van der Waals surface area contributed by atoms with Crippen molar-refractivity contribution in [3.8, 4) is 5.75 Å². The summed E-state index contributed by atoms with van der Waals surface area (Å²) in [4.78, 5) is 15.0. The number of hydrogen-bond donors (Lipinski definition) is 0. The van der Waals surface area contributed by atoms with E-state index in [1.807, 2.05) is 67.6 Å². The third-order valence-corrected chi connectivity index (χ3v) is 6.04. The number of rotatable bonds is 10. The molecule has 0 saturated heterocycles. The first kappa shape index (κ1) is 23.3. The fraction of sp³-hybridized carbons (Fsp3) is 0.240. The molecule has 0 N–H and O–H groups in total. The van der Waals surface area contributed by atoms with E-state index in [0.29, 0.717) is 31.1 Å². The fourth-order valence-corrected chi connectivity index (χ4v) is 4.19. The number of nitrogens with zero attached hydrogens (tertiary/aromatic N) is 2. The number of benzene rings is 3. The maximum absolute atomic E-state index is 13.3. The van der Waals surface area contributed by atoms with Gasteiger partial charge in [-0.05, 0) is 42.3 Å². The van der Waals surface area contributed by atoms with Gasteiger partial charge in [0.2, 0.25) is 15.9 Å². The molecule has 0 atom stereocenters. The number of carbonyl (C=O) groups excluding carboxylic acids is 1. The first-order valence-electron chi connectivity index (χ1n) is 10.4. The van der Waals surface area contributed by atoms with Crippen molar-refractivity contribution in [1.29, 1.82) is 0 Å². The Morgan fingerprint density at radius 2 is 1.31 bits per heavy atom. The van der Waals surface area contributed by atoms with E-state index in [0.717, 1.165) is 21.7 Å². The van der Waals surface area contributed by atoms with Crippen molar-refractivity contribution in [3.05, 3.63) is 96.1 Å². The Morgan fingerprint density at radius 1 is 0.812 bits per heavy atom. The monoisotopic (exact) mass is 452 g/mol. The normalized spacial score (nSPS) is 11.1. The molecule has 0 aliphatic heterocycles. The van der Waals surface area contributed by atoms with Crippen molar-refractivity contribution in [1.82, 2.24) is 4.90 Å². The van der Waals surface area contributed by atoms with Crippen LogP contribution in [0.5, 0.6) is 5.75 Å². The Hall–Kier alpha value is -3.32. The topological polar surface area (TPSA) is 66.9 Å². The Morgan fingerprint density at radius 3 is 1.75 bits per heavy atom. The standard InChI is InChI=1S/C25H28N2O4S/c1-3-31-24-16-14-23(15-17-24)27(32(2,29)30)20-25(28)26(18-21-10-6-4-7-11-21)19-22-12-8-5-9-13-22/h4-17H,3,18-20H2,1-2H3. The summed E-state index contributed by atoms with van der Waals surface area (Å²) >= 11 is 0. The lowest BCUT2D eigenvalue weighted by Crippen LogP contribution is -2.42. The number of amides is 1. The van der Waals surface area contributed by atoms with E-state index in [9.17, 15) is 13.2 Å². The molecule has 0 spiro atoms. The minimum absolute atomic E-state index is 0.281. The Labute approximate surface area is 190 Å². The van der Waals surface area contributed by atoms with E-state index < -0.39 is 10.0 Å². The second-order valence-electron chi connectivity index (χ2n) is 7.42. The van der Waals surface area contributed by atoms with Crippen LogP contribution in [0, 0.1) is 0 Å². The molecule has 1 amide bonds. The van der Waals surface area contributed by atoms with Crippen LogP contribution in [0.15, 0.2) is 84.9 Å². The van der Waals surface area contributed by atoms with Gasteiger partial charge in [-0.15, -0.1) is 0 Å². The third-order valence-electron chi connectivity index (χ3n) is 4.90. The molecule has 0 aliphatic rings. The van der Waals surface area contributed by atoms with E-state index in [1.54, 1.807) is 29.2 Å². The second kappa shape index (κ2) is 10.8. The molecule has 6 nitrogen and oxygen atoms in total. The molecular weight excluding hydrogens is 424 g/mol. The highest BCUT2D eigenvalue weighted by Crippen LogP contribution is 2.22. The minimum Gasteiger partial charge on any atom is -0.494 e. The average Bonchev–Trinajstić information content (AvgIpc) is 2.78. The van der Waals surface area contributed by atoms with Crippen LogP contribution in [-0.4, -0.2) is 38.6 Å². The molecule has 0 aliphatic carbocycles. The van der Waals surface area contributed by atoms with Gasteiger partial charge in [0.1, 0.15) is 12.3 Å². The van der Waals surface area contributed by atoms with Crippen LogP contribution < -0.4 is 9.04 Å². The van der Waals surface area contributed by atoms with Crippen LogP contribution >= 0.6 is 0 Å². The summed E-state index contributed by atoms with van der Waals surface area (Å²) in [5.74, 6) is 0.364. The van der Waals surface area contributed by atoms with Gasteiger partial charge in [0.15, 0.2) is 0 Å². The van der Waals surface area contributed by atoms with Crippen molar-refractivity contribution >= 4 is 21.6 Å². The highest BCUT2D eigenvalue weighted by Gasteiger charge is 2.24. The summed E-state index contributed by atoms with van der Waals surface area (Å²) in [6.07, 6.45) is 1.11. The maximum atomic E-state index is 13.3. The average molecular weight is 453 g/mol. The number of hydrogen-bond acceptors (Lipinski definition) is 4. The van der Waals surface area contributed by atoms with Gasteiger partial charge in [0.25, 0.3) is 0 Å². The van der Waals surface area contributed by atoms with E-state index in [2.05, 4.69) is 0 Å². The summed E-state index contributed by atoms with van der Waals surface area (Å²) in [5.41, 5.74) is 2.37. The van der Waals surface area contributed by atoms with E-state index in [-0.39, 0.29) is 12.5 Å². The van der Waals surface area contributed by atoms with Crippen molar-refractivity contribution in [2.45, 2.75) is 20.0 Å². The minimum atomic E-state index is -3.67. The van der Waals surface area contributed by atoms with Crippen LogP contribution in [-0.2, 0) is 27.9 Å². The highest BCUT2D eigenvalue weighted by atomic mass is 32.2. The van der Waals surface area contributed by atoms with E-state index >= 15 is 0 Å². The van der Waals surface area contributed by atoms with Crippen LogP contribution in [0.3, 0.4) is 0 Å². The van der Waals surface area contributed by atoms with Gasteiger partial charge in [-0.3, -0.25) is 9.10 Å². The van der Waals surface area contributed by atoms with Crippen molar-refractivity contribution in [2.75, 3.05) is 23.7 Å². The number of sulfonamides is 1. The lowest BCUT2D eigenvalue weighted by Gasteiger charge is -2.28. The molecule has 3 aromatic carbocycles. The predicted molar refractivity (Wildman–Crippen MR) is 127 cm³/mol. The predicted octanol–water partition coefficient (Wildman–Crippen LogP) is 4.08. The molecule has 0 heterocycles. The van der Waals surface area contributed by atoms with Gasteiger partial charge in [0, 0.05) is 13.1 Å². The van der Waals surface area contributed by atoms with Gasteiger partial charge >= 0.3 is 0 Å². The van der Waals surface area contributed by atoms with Crippen molar-refractivity contribution < 1.29 is 17.9 Å². The summed E-state index contributed by atoms with van der Waals surface area (Å²) in [5, 5.41) is 0. The van der Waals surface area contributed by atoms with Gasteiger partial charge in [0.05, 0.1) is 18.6 Å². The zero-order chi connectivity index (χ0) is 23.0. The van der Waals surface area contributed by atoms with Gasteiger partial charge in [-0.25, -0.2) is 8.42 Å². The summed E-state index contributed by atoms with van der Waals surface area (Å²) in [6, 6.07) is 26.0. The summed E-state index contributed by atoms with van der Waals surface area (Å²) < 4.78 is 31.7. The molecule has 0 fully saturated rings. The van der Waals surface area contributed by atoms with Crippen molar-refractivity contribution in [3.63, 3.8) is 0 Å². The molecule has 168 valence electrons. The maximum Gasteiger partial charge on any atom is 0.243 e. The molecule has 32 heavy (non-hydrogen) atoms. The molecule has 0 saturated carbocycles. The summed E-state index contributed by atoms with van der Waals surface area (Å²) in [7, 11) is -3.67. The quantitative estimate of drug-likeness (QED) is 0.465. The molecule has 0 aromatic heterocycles. The van der Waals surface area contributed by atoms with E-state index in [1.165, 1.54) is 0 Å². The number of anilines is 1. The fourth-order valence-electron chi connectivity index (χ4n) is 3.34. The van der Waals surface area contributed by atoms with Gasteiger partial charge < -0.3 is 9.64 Å². The molecule has 3 aromatic rings. The lowest BCUT2D eigenvalue weighted by molar-refractivity contribution is -0.130.